The standard InChI is InChI=1S/C12H5Cl2N3O2S/c13-7-4-15-12(14)17-11(7)19-6-1-2-9-8(3-6)16-10(5-18)20-9/h1-5H. The van der Waals surface area contributed by atoms with Gasteiger partial charge >= 0.3 is 0 Å². The fourth-order valence-electron chi connectivity index (χ4n) is 1.55. The van der Waals surface area contributed by atoms with E-state index in [0.717, 1.165) is 4.70 Å². The van der Waals surface area contributed by atoms with Crippen LogP contribution in [-0.2, 0) is 0 Å². The predicted molar refractivity (Wildman–Crippen MR) is 77.1 cm³/mol. The van der Waals surface area contributed by atoms with E-state index in [1.165, 1.54) is 17.5 Å². The molecule has 0 aliphatic carbocycles. The van der Waals surface area contributed by atoms with Gasteiger partial charge in [-0.3, -0.25) is 4.79 Å². The van der Waals surface area contributed by atoms with Crippen molar-refractivity contribution in [3.8, 4) is 11.6 Å². The average Bonchev–Trinajstić information content (AvgIpc) is 2.85. The first-order valence-electron chi connectivity index (χ1n) is 5.37. The molecule has 0 radical (unpaired) electrons. The number of rotatable bonds is 3. The number of aldehydes is 1. The van der Waals surface area contributed by atoms with Gasteiger partial charge in [0.05, 0.1) is 16.4 Å². The number of nitrogens with zero attached hydrogens (tertiary/aromatic N) is 3. The van der Waals surface area contributed by atoms with Crippen LogP contribution in [0.3, 0.4) is 0 Å². The largest absolute Gasteiger partial charge is 0.437 e. The van der Waals surface area contributed by atoms with E-state index in [-0.39, 0.29) is 16.2 Å². The van der Waals surface area contributed by atoms with Gasteiger partial charge in [-0.1, -0.05) is 11.6 Å². The highest BCUT2D eigenvalue weighted by Crippen LogP contribution is 2.30. The Morgan fingerprint density at radius 3 is 2.90 bits per heavy atom. The zero-order valence-corrected chi connectivity index (χ0v) is 12.0. The molecule has 0 atom stereocenters. The summed E-state index contributed by atoms with van der Waals surface area (Å²) in [6, 6.07) is 5.25. The van der Waals surface area contributed by atoms with E-state index >= 15 is 0 Å². The van der Waals surface area contributed by atoms with E-state index < -0.39 is 0 Å². The number of benzene rings is 1. The molecule has 0 unspecified atom stereocenters. The van der Waals surface area contributed by atoms with Gasteiger partial charge in [0.1, 0.15) is 10.8 Å². The van der Waals surface area contributed by atoms with Crippen molar-refractivity contribution < 1.29 is 9.53 Å². The van der Waals surface area contributed by atoms with Crippen molar-refractivity contribution in [1.29, 1.82) is 0 Å². The molecule has 1 aromatic carbocycles. The van der Waals surface area contributed by atoms with E-state index in [4.69, 9.17) is 27.9 Å². The molecule has 2 heterocycles. The molecule has 0 aliphatic rings. The summed E-state index contributed by atoms with van der Waals surface area (Å²) in [5.41, 5.74) is 0.672. The molecule has 0 bridgehead atoms. The Bertz CT molecular complexity index is 806. The third-order valence-electron chi connectivity index (χ3n) is 2.37. The number of ether oxygens (including phenoxy) is 1. The molecule has 2 aromatic heterocycles. The summed E-state index contributed by atoms with van der Waals surface area (Å²) in [4.78, 5) is 22.5. The molecule has 5 nitrogen and oxygen atoms in total. The molecule has 3 aromatic rings. The van der Waals surface area contributed by atoms with Crippen molar-refractivity contribution >= 4 is 51.0 Å². The Balaban J connectivity index is 1.97. The Morgan fingerprint density at radius 2 is 2.10 bits per heavy atom. The Hall–Kier alpha value is -1.76. The molecule has 0 N–H and O–H groups in total. The highest BCUT2D eigenvalue weighted by molar-refractivity contribution is 7.20. The Kier molecular flexibility index (Phi) is 3.52. The van der Waals surface area contributed by atoms with Crippen molar-refractivity contribution in [2.75, 3.05) is 0 Å². The van der Waals surface area contributed by atoms with Crippen molar-refractivity contribution in [2.45, 2.75) is 0 Å². The number of hydrogen-bond acceptors (Lipinski definition) is 6. The van der Waals surface area contributed by atoms with Crippen LogP contribution in [0.4, 0.5) is 0 Å². The lowest BCUT2D eigenvalue weighted by molar-refractivity contribution is 0.112. The smallest absolute Gasteiger partial charge is 0.242 e. The molecule has 0 spiro atoms. The van der Waals surface area contributed by atoms with Gasteiger partial charge < -0.3 is 4.74 Å². The van der Waals surface area contributed by atoms with Crippen LogP contribution in [0.5, 0.6) is 11.6 Å². The predicted octanol–water partition coefficient (Wildman–Crippen LogP) is 4.00. The fourth-order valence-corrected chi connectivity index (χ4v) is 2.57. The van der Waals surface area contributed by atoms with Crippen LogP contribution >= 0.6 is 34.5 Å². The van der Waals surface area contributed by atoms with Crippen molar-refractivity contribution in [1.82, 2.24) is 15.0 Å². The average molecular weight is 326 g/mol. The normalized spacial score (nSPS) is 10.7. The van der Waals surface area contributed by atoms with Gasteiger partial charge in [-0.05, 0) is 23.7 Å². The van der Waals surface area contributed by atoms with Crippen LogP contribution in [-0.4, -0.2) is 21.2 Å². The first kappa shape index (κ1) is 13.2. The topological polar surface area (TPSA) is 65.0 Å². The molecule has 100 valence electrons. The van der Waals surface area contributed by atoms with Crippen LogP contribution in [0.1, 0.15) is 9.80 Å². The van der Waals surface area contributed by atoms with E-state index in [1.807, 2.05) is 6.07 Å². The highest BCUT2D eigenvalue weighted by atomic mass is 35.5. The molecule has 0 fully saturated rings. The summed E-state index contributed by atoms with van der Waals surface area (Å²) < 4.78 is 6.44. The van der Waals surface area contributed by atoms with Gasteiger partial charge in [0, 0.05) is 6.07 Å². The number of carbonyl (C=O) groups is 1. The van der Waals surface area contributed by atoms with Crippen molar-refractivity contribution in [3.05, 3.63) is 39.7 Å². The molecule has 0 saturated carbocycles. The number of aromatic nitrogens is 3. The van der Waals surface area contributed by atoms with Gasteiger partial charge in [-0.25, -0.2) is 9.97 Å². The molecular weight excluding hydrogens is 321 g/mol. The van der Waals surface area contributed by atoms with E-state index in [0.29, 0.717) is 22.6 Å². The first-order valence-corrected chi connectivity index (χ1v) is 6.94. The van der Waals surface area contributed by atoms with Gasteiger partial charge in [0.25, 0.3) is 0 Å². The maximum atomic E-state index is 10.7. The molecule has 8 heteroatoms. The lowest BCUT2D eigenvalue weighted by Crippen LogP contribution is -1.91. The van der Waals surface area contributed by atoms with Crippen molar-refractivity contribution in [2.24, 2.45) is 0 Å². The highest BCUT2D eigenvalue weighted by Gasteiger charge is 2.09. The second-order valence-corrected chi connectivity index (χ2v) is 5.50. The summed E-state index contributed by atoms with van der Waals surface area (Å²) >= 11 is 12.9. The maximum Gasteiger partial charge on any atom is 0.242 e. The van der Waals surface area contributed by atoms with Crippen molar-refractivity contribution in [3.63, 3.8) is 0 Å². The summed E-state index contributed by atoms with van der Waals surface area (Å²) in [5, 5.41) is 0.712. The summed E-state index contributed by atoms with van der Waals surface area (Å²) in [5.74, 6) is 0.661. The lowest BCUT2D eigenvalue weighted by atomic mass is 10.3. The van der Waals surface area contributed by atoms with Crippen LogP contribution in [0, 0.1) is 0 Å². The van der Waals surface area contributed by atoms with Crippen LogP contribution in [0.2, 0.25) is 10.3 Å². The van der Waals surface area contributed by atoms with Gasteiger partial charge in [-0.2, -0.15) is 4.98 Å². The summed E-state index contributed by atoms with van der Waals surface area (Å²) in [6.07, 6.45) is 2.07. The van der Waals surface area contributed by atoms with Crippen LogP contribution in [0.25, 0.3) is 10.2 Å². The summed E-state index contributed by atoms with van der Waals surface area (Å²) in [7, 11) is 0. The molecule has 20 heavy (non-hydrogen) atoms. The molecular formula is C12H5Cl2N3O2S. The van der Waals surface area contributed by atoms with Gasteiger partial charge in [-0.15, -0.1) is 11.3 Å². The van der Waals surface area contributed by atoms with Gasteiger partial charge in [0.2, 0.25) is 11.2 Å². The van der Waals surface area contributed by atoms with E-state index in [9.17, 15) is 4.79 Å². The van der Waals surface area contributed by atoms with Crippen LogP contribution < -0.4 is 4.74 Å². The third kappa shape index (κ3) is 2.58. The zero-order valence-electron chi connectivity index (χ0n) is 9.71. The SMILES string of the molecule is O=Cc1nc2cc(Oc3nc(Cl)ncc3Cl)ccc2s1. The van der Waals surface area contributed by atoms with Crippen LogP contribution in [0.15, 0.2) is 24.4 Å². The molecule has 0 amide bonds. The number of fused-ring (bicyclic) bond motifs is 1. The number of hydrogen-bond donors (Lipinski definition) is 0. The van der Waals surface area contributed by atoms with Gasteiger partial charge in [0.15, 0.2) is 11.3 Å². The minimum Gasteiger partial charge on any atom is -0.437 e. The first-order chi connectivity index (χ1) is 9.65. The number of halogens is 2. The fraction of sp³-hybridized carbons (Fsp3) is 0. The number of thiazole rings is 1. The van der Waals surface area contributed by atoms with E-state index in [1.54, 1.807) is 12.1 Å². The second-order valence-electron chi connectivity index (χ2n) is 3.69. The zero-order chi connectivity index (χ0) is 14.1. The Morgan fingerprint density at radius 1 is 1.25 bits per heavy atom. The minimum absolute atomic E-state index is 0.0439. The lowest BCUT2D eigenvalue weighted by Gasteiger charge is -2.05. The molecule has 0 aliphatic heterocycles. The quantitative estimate of drug-likeness (QED) is 0.538. The third-order valence-corrected chi connectivity index (χ3v) is 3.78. The maximum absolute atomic E-state index is 10.7. The Labute approximate surface area is 127 Å². The summed E-state index contributed by atoms with van der Waals surface area (Å²) in [6.45, 7) is 0. The molecule has 0 saturated heterocycles. The van der Waals surface area contributed by atoms with E-state index in [2.05, 4.69) is 15.0 Å². The molecule has 3 rings (SSSR count). The second kappa shape index (κ2) is 5.32. The number of carbonyl (C=O) groups excluding carboxylic acids is 1. The minimum atomic E-state index is 0.0439. The monoisotopic (exact) mass is 325 g/mol.